The van der Waals surface area contributed by atoms with Gasteiger partial charge in [-0.15, -0.1) is 21.5 Å². The molecule has 0 aliphatic heterocycles. The van der Waals surface area contributed by atoms with Crippen molar-refractivity contribution in [1.29, 1.82) is 0 Å². The van der Waals surface area contributed by atoms with Crippen LogP contribution in [0.25, 0.3) is 15.9 Å². The van der Waals surface area contributed by atoms with Crippen molar-refractivity contribution in [3.8, 4) is 0 Å². The zero-order valence-electron chi connectivity index (χ0n) is 15.9. The number of hydrogen-bond donors (Lipinski definition) is 0. The van der Waals surface area contributed by atoms with Crippen LogP contribution in [0.3, 0.4) is 0 Å². The van der Waals surface area contributed by atoms with Gasteiger partial charge in [-0.25, -0.2) is 9.37 Å². The summed E-state index contributed by atoms with van der Waals surface area (Å²) in [6.07, 6.45) is 5.37. The molecule has 8 heteroatoms. The molecule has 3 heterocycles. The molecule has 0 N–H and O–H groups in total. The van der Waals surface area contributed by atoms with Crippen LogP contribution in [0.4, 0.5) is 4.39 Å². The quantitative estimate of drug-likeness (QED) is 0.336. The number of benzene rings is 1. The van der Waals surface area contributed by atoms with Gasteiger partial charge in [0.05, 0.1) is 11.1 Å². The second kappa shape index (κ2) is 7.50. The Bertz CT molecular complexity index is 1230. The summed E-state index contributed by atoms with van der Waals surface area (Å²) in [5.74, 6) is 0.717. The lowest BCUT2D eigenvalue weighted by Gasteiger charge is -2.11. The van der Waals surface area contributed by atoms with Crippen molar-refractivity contribution in [2.45, 2.75) is 44.2 Å². The van der Waals surface area contributed by atoms with Crippen molar-refractivity contribution >= 4 is 44.7 Å². The number of nitrogens with zero attached hydrogens (tertiary/aromatic N) is 4. The minimum absolute atomic E-state index is 0.0632. The first-order valence-corrected chi connectivity index (χ1v) is 11.6. The molecule has 0 saturated carbocycles. The zero-order valence-corrected chi connectivity index (χ0v) is 17.6. The lowest BCUT2D eigenvalue weighted by atomic mass is 9.97. The number of fused-ring (bicyclic) bond motifs is 5. The third-order valence-corrected chi connectivity index (χ3v) is 7.43. The Morgan fingerprint density at radius 2 is 2.00 bits per heavy atom. The fraction of sp³-hybridized carbons (Fsp3) is 0.333. The molecule has 4 aromatic rings. The van der Waals surface area contributed by atoms with Gasteiger partial charge >= 0.3 is 0 Å². The van der Waals surface area contributed by atoms with E-state index >= 15 is 0 Å². The minimum Gasteiger partial charge on any atom is -0.293 e. The maximum absolute atomic E-state index is 13.1. The maximum atomic E-state index is 13.1. The number of Topliss-reactive ketones (excluding diaryl/α,β-unsaturated/α-hetero) is 1. The molecule has 0 saturated heterocycles. The molecule has 3 aromatic heterocycles. The number of hydrogen-bond acceptors (Lipinski definition) is 6. The van der Waals surface area contributed by atoms with Crippen LogP contribution < -0.4 is 0 Å². The number of halogens is 1. The topological polar surface area (TPSA) is 60.2 Å². The molecule has 1 aliphatic carbocycles. The molecular weight excluding hydrogens is 407 g/mol. The van der Waals surface area contributed by atoms with E-state index in [1.54, 1.807) is 11.3 Å². The summed E-state index contributed by atoms with van der Waals surface area (Å²) in [4.78, 5) is 19.9. The summed E-state index contributed by atoms with van der Waals surface area (Å²) < 4.78 is 15.1. The summed E-state index contributed by atoms with van der Waals surface area (Å²) in [5, 5.41) is 10.7. The van der Waals surface area contributed by atoms with E-state index in [1.165, 1.54) is 59.3 Å². The average molecular weight is 427 g/mol. The van der Waals surface area contributed by atoms with Crippen molar-refractivity contribution in [3.05, 3.63) is 51.9 Å². The van der Waals surface area contributed by atoms with Crippen molar-refractivity contribution in [1.82, 2.24) is 19.6 Å². The number of aryl methyl sites for hydroxylation is 3. The van der Waals surface area contributed by atoms with Gasteiger partial charge in [0.25, 0.3) is 0 Å². The van der Waals surface area contributed by atoms with Crippen LogP contribution in [0.1, 0.15) is 46.4 Å². The molecule has 0 atom stereocenters. The van der Waals surface area contributed by atoms with Crippen molar-refractivity contribution in [3.63, 3.8) is 0 Å². The van der Waals surface area contributed by atoms with Gasteiger partial charge in [0.15, 0.2) is 16.6 Å². The SMILES string of the molecule is CCc1nc2sc3c(c2c2nnc(SCC(=O)c4ccc(F)cc4)n12)CCCC3. The van der Waals surface area contributed by atoms with E-state index in [-0.39, 0.29) is 17.4 Å². The molecule has 148 valence electrons. The average Bonchev–Trinajstić information content (AvgIpc) is 3.32. The van der Waals surface area contributed by atoms with Gasteiger partial charge < -0.3 is 0 Å². The van der Waals surface area contributed by atoms with E-state index in [0.29, 0.717) is 10.7 Å². The Morgan fingerprint density at radius 3 is 2.79 bits per heavy atom. The summed E-state index contributed by atoms with van der Waals surface area (Å²) >= 11 is 3.14. The first kappa shape index (κ1) is 18.7. The van der Waals surface area contributed by atoms with E-state index in [4.69, 9.17) is 4.98 Å². The Balaban J connectivity index is 1.53. The highest BCUT2D eigenvalue weighted by atomic mass is 32.2. The van der Waals surface area contributed by atoms with Gasteiger partial charge in [-0.05, 0) is 55.5 Å². The molecule has 0 amide bonds. The predicted molar refractivity (Wildman–Crippen MR) is 114 cm³/mol. The summed E-state index contributed by atoms with van der Waals surface area (Å²) in [5.41, 5.74) is 2.72. The van der Waals surface area contributed by atoms with Crippen LogP contribution >= 0.6 is 23.1 Å². The fourth-order valence-corrected chi connectivity index (χ4v) is 5.99. The molecule has 1 aliphatic rings. The van der Waals surface area contributed by atoms with Gasteiger partial charge in [-0.2, -0.15) is 0 Å². The van der Waals surface area contributed by atoms with E-state index in [2.05, 4.69) is 17.1 Å². The molecule has 5 nitrogen and oxygen atoms in total. The normalized spacial score (nSPS) is 13.9. The van der Waals surface area contributed by atoms with Crippen LogP contribution in [0.2, 0.25) is 0 Å². The lowest BCUT2D eigenvalue weighted by molar-refractivity contribution is 0.102. The zero-order chi connectivity index (χ0) is 20.0. The molecule has 0 fully saturated rings. The van der Waals surface area contributed by atoms with E-state index < -0.39 is 0 Å². The Kier molecular flexibility index (Phi) is 4.83. The number of carbonyl (C=O) groups is 1. The Labute approximate surface area is 175 Å². The molecule has 0 bridgehead atoms. The molecule has 1 aromatic carbocycles. The lowest BCUT2D eigenvalue weighted by Crippen LogP contribution is -2.05. The second-order valence-electron chi connectivity index (χ2n) is 7.13. The molecule has 29 heavy (non-hydrogen) atoms. The molecule has 5 rings (SSSR count). The van der Waals surface area contributed by atoms with Crippen LogP contribution in [0.5, 0.6) is 0 Å². The Morgan fingerprint density at radius 1 is 1.21 bits per heavy atom. The van der Waals surface area contributed by atoms with Crippen LogP contribution in [0, 0.1) is 5.82 Å². The van der Waals surface area contributed by atoms with Crippen LogP contribution in [0.15, 0.2) is 29.4 Å². The van der Waals surface area contributed by atoms with Gasteiger partial charge in [0.1, 0.15) is 16.5 Å². The molecule has 0 spiro atoms. The minimum atomic E-state index is -0.348. The number of thioether (sulfide) groups is 1. The summed E-state index contributed by atoms with van der Waals surface area (Å²) in [6.45, 7) is 2.07. The maximum Gasteiger partial charge on any atom is 0.197 e. The van der Waals surface area contributed by atoms with Gasteiger partial charge in [0.2, 0.25) is 0 Å². The highest BCUT2D eigenvalue weighted by molar-refractivity contribution is 7.99. The third kappa shape index (κ3) is 3.24. The number of ketones is 1. The van der Waals surface area contributed by atoms with Gasteiger partial charge in [-0.1, -0.05) is 18.7 Å². The van der Waals surface area contributed by atoms with Crippen molar-refractivity contribution in [2.75, 3.05) is 5.75 Å². The van der Waals surface area contributed by atoms with E-state index in [1.807, 2.05) is 4.40 Å². The highest BCUT2D eigenvalue weighted by Gasteiger charge is 2.23. The largest absolute Gasteiger partial charge is 0.293 e. The predicted octanol–water partition coefficient (Wildman–Crippen LogP) is 4.89. The number of carbonyl (C=O) groups excluding carboxylic acids is 1. The standard InChI is InChI=1S/C21H19FN4OS2/c1-2-17-23-20-18(14-5-3-4-6-16(14)29-20)19-24-25-21(26(17)19)28-11-15(27)12-7-9-13(22)10-8-12/h7-10H,2-6,11H2,1H3. The van der Waals surface area contributed by atoms with Crippen LogP contribution in [-0.2, 0) is 19.3 Å². The number of thiophene rings is 1. The van der Waals surface area contributed by atoms with E-state index in [9.17, 15) is 9.18 Å². The fourth-order valence-electron chi connectivity index (χ4n) is 3.87. The van der Waals surface area contributed by atoms with Gasteiger partial charge in [0, 0.05) is 16.9 Å². The summed E-state index contributed by atoms with van der Waals surface area (Å²) in [6, 6.07) is 5.64. The molecule has 0 radical (unpaired) electrons. The number of rotatable bonds is 5. The number of aromatic nitrogens is 4. The first-order chi connectivity index (χ1) is 14.2. The summed E-state index contributed by atoms with van der Waals surface area (Å²) in [7, 11) is 0. The Hall–Kier alpha value is -2.32. The molecule has 0 unspecified atom stereocenters. The smallest absolute Gasteiger partial charge is 0.197 e. The highest BCUT2D eigenvalue weighted by Crippen LogP contribution is 2.38. The molecular formula is C21H19FN4OS2. The van der Waals surface area contributed by atoms with Gasteiger partial charge in [-0.3, -0.25) is 9.20 Å². The van der Waals surface area contributed by atoms with Crippen LogP contribution in [-0.4, -0.2) is 31.1 Å². The van der Waals surface area contributed by atoms with Crippen molar-refractivity contribution in [2.24, 2.45) is 0 Å². The monoisotopic (exact) mass is 426 g/mol. The van der Waals surface area contributed by atoms with Crippen molar-refractivity contribution < 1.29 is 9.18 Å². The first-order valence-electron chi connectivity index (χ1n) is 9.75. The van der Waals surface area contributed by atoms with E-state index in [0.717, 1.165) is 41.0 Å². The third-order valence-electron chi connectivity index (χ3n) is 5.31. The second-order valence-corrected chi connectivity index (χ2v) is 9.16.